The van der Waals surface area contributed by atoms with Crippen LogP contribution in [0, 0.1) is 12.4 Å². The number of hydrogen-bond acceptors (Lipinski definition) is 2. The molecule has 0 unspecified atom stereocenters. The Kier molecular flexibility index (Phi) is 7.28. The number of nitrogens with zero attached hydrogens (tertiary/aromatic N) is 4. The maximum atomic E-state index is 5.24. The first-order chi connectivity index (χ1) is 17.8. The second-order valence-electron chi connectivity index (χ2n) is 14.9. The van der Waals surface area contributed by atoms with E-state index in [1.54, 1.807) is 0 Å². The van der Waals surface area contributed by atoms with E-state index in [0.717, 1.165) is 23.0 Å². The summed E-state index contributed by atoms with van der Waals surface area (Å²) in [5.74, 6) is 1.78. The summed E-state index contributed by atoms with van der Waals surface area (Å²) < 4.78 is 4.37. The Morgan fingerprint density at radius 1 is 0.600 bits per heavy atom. The van der Waals surface area contributed by atoms with Crippen molar-refractivity contribution >= 4 is 0 Å². The molecular formula is C35H44N4Pt. The molecule has 0 saturated heterocycles. The molecule has 5 heterocycles. The molecule has 4 aromatic heterocycles. The summed E-state index contributed by atoms with van der Waals surface area (Å²) in [6.45, 7) is 27.3. The standard InChI is InChI=1S/C35H44N4.Pt/c1-31(2,3)27-19-23-21-38(27)29-17-13-15-25(36-29)33(7,8)26-16-14-18-30(37-26)39-22-24(20-28(39)32(4,5)6)35(11,12)34(23,9)10;/h13-20H,1-12H3;/q-2;+2. The predicted octanol–water partition coefficient (Wildman–Crippen LogP) is 8.15. The molecule has 0 fully saturated rings. The van der Waals surface area contributed by atoms with Gasteiger partial charge in [-0.3, -0.25) is 9.97 Å². The van der Waals surface area contributed by atoms with Gasteiger partial charge in [0.05, 0.1) is 11.6 Å². The van der Waals surface area contributed by atoms with E-state index in [2.05, 4.69) is 153 Å². The number of aromatic nitrogens is 4. The first-order valence-corrected chi connectivity index (χ1v) is 14.1. The van der Waals surface area contributed by atoms with Gasteiger partial charge in [0.2, 0.25) is 0 Å². The molecule has 4 nitrogen and oxygen atoms in total. The van der Waals surface area contributed by atoms with E-state index in [4.69, 9.17) is 9.97 Å². The van der Waals surface area contributed by atoms with Crippen LogP contribution in [-0.2, 0) is 48.1 Å². The predicted molar refractivity (Wildman–Crippen MR) is 160 cm³/mol. The zero-order valence-electron chi connectivity index (χ0n) is 26.2. The summed E-state index contributed by atoms with van der Waals surface area (Å²) in [5, 5.41) is 0. The monoisotopic (exact) mass is 715 g/mol. The molecule has 0 atom stereocenters. The molecule has 1 aliphatic heterocycles. The van der Waals surface area contributed by atoms with Crippen LogP contribution in [0.25, 0.3) is 11.6 Å². The maximum Gasteiger partial charge on any atom is 2.00 e. The average Bonchev–Trinajstić information content (AvgIpc) is 3.50. The van der Waals surface area contributed by atoms with Crippen LogP contribution in [0.4, 0.5) is 0 Å². The summed E-state index contributed by atoms with van der Waals surface area (Å²) in [6, 6.07) is 17.3. The summed E-state index contributed by atoms with van der Waals surface area (Å²) in [5.41, 5.74) is 5.65. The molecule has 0 spiro atoms. The van der Waals surface area contributed by atoms with Gasteiger partial charge in [0.15, 0.2) is 0 Å². The first kappa shape index (κ1) is 30.5. The minimum absolute atomic E-state index is 0. The van der Waals surface area contributed by atoms with Crippen LogP contribution < -0.4 is 0 Å². The van der Waals surface area contributed by atoms with Crippen molar-refractivity contribution in [1.82, 2.24) is 19.1 Å². The second kappa shape index (κ2) is 9.55. The van der Waals surface area contributed by atoms with E-state index in [0.29, 0.717) is 0 Å². The molecule has 40 heavy (non-hydrogen) atoms. The van der Waals surface area contributed by atoms with E-state index < -0.39 is 5.41 Å². The maximum absolute atomic E-state index is 5.24. The summed E-state index contributed by atoms with van der Waals surface area (Å²) in [7, 11) is 0. The van der Waals surface area contributed by atoms with E-state index in [1.165, 1.54) is 22.5 Å². The molecule has 0 saturated carbocycles. The third-order valence-electron chi connectivity index (χ3n) is 9.16. The quantitative estimate of drug-likeness (QED) is 0.173. The Morgan fingerprint density at radius 3 is 1.27 bits per heavy atom. The van der Waals surface area contributed by atoms with Crippen LogP contribution in [0.1, 0.15) is 117 Å². The fourth-order valence-corrected chi connectivity index (χ4v) is 5.53. The van der Waals surface area contributed by atoms with Gasteiger partial charge < -0.3 is 9.13 Å². The molecule has 1 aliphatic rings. The van der Waals surface area contributed by atoms with Gasteiger partial charge in [-0.05, 0) is 47.6 Å². The SMILES string of the molecule is CC(C)(C)c1cc2[c-]n1-c1cccc(n1)C(C)(C)c1cccc(n1)-n1[c-]c(cc1C(C)(C)C)C(C)(C)C2(C)C.[Pt+2]. The fourth-order valence-electron chi connectivity index (χ4n) is 5.53. The van der Waals surface area contributed by atoms with Gasteiger partial charge >= 0.3 is 21.1 Å². The smallest absolute Gasteiger partial charge is 0.432 e. The van der Waals surface area contributed by atoms with Crippen LogP contribution in [-0.4, -0.2) is 19.1 Å². The summed E-state index contributed by atoms with van der Waals surface area (Å²) in [4.78, 5) is 10.5. The molecular weight excluding hydrogens is 671 g/mol. The van der Waals surface area contributed by atoms with E-state index >= 15 is 0 Å². The van der Waals surface area contributed by atoms with Crippen LogP contribution >= 0.6 is 0 Å². The van der Waals surface area contributed by atoms with Crippen molar-refractivity contribution in [3.8, 4) is 11.6 Å². The summed E-state index contributed by atoms with van der Waals surface area (Å²) >= 11 is 0. The molecule has 5 heteroatoms. The Bertz CT molecular complexity index is 1430. The summed E-state index contributed by atoms with van der Waals surface area (Å²) in [6.07, 6.45) is 7.62. The van der Waals surface area contributed by atoms with Crippen LogP contribution in [0.3, 0.4) is 0 Å². The minimum Gasteiger partial charge on any atom is -0.432 e. The number of hydrogen-bond donors (Lipinski definition) is 0. The van der Waals surface area contributed by atoms with Crippen LogP contribution in [0.15, 0.2) is 48.5 Å². The third-order valence-corrected chi connectivity index (χ3v) is 9.16. The molecule has 0 aromatic carbocycles. The van der Waals surface area contributed by atoms with Crippen molar-refractivity contribution in [3.05, 3.63) is 94.8 Å². The minimum atomic E-state index is -0.402. The Hall–Kier alpha value is -2.45. The van der Waals surface area contributed by atoms with Gasteiger partial charge in [-0.1, -0.05) is 117 Å². The molecule has 0 amide bonds. The van der Waals surface area contributed by atoms with Gasteiger partial charge in [0.1, 0.15) is 0 Å². The van der Waals surface area contributed by atoms with Crippen molar-refractivity contribution in [2.45, 2.75) is 110 Å². The van der Waals surface area contributed by atoms with Crippen LogP contribution in [0.5, 0.6) is 0 Å². The first-order valence-electron chi connectivity index (χ1n) is 14.1. The Morgan fingerprint density at radius 2 is 0.950 bits per heavy atom. The van der Waals surface area contributed by atoms with Crippen molar-refractivity contribution in [2.75, 3.05) is 0 Å². The van der Waals surface area contributed by atoms with E-state index in [-0.39, 0.29) is 42.7 Å². The number of fused-ring (bicyclic) bond motifs is 10. The molecule has 0 N–H and O–H groups in total. The van der Waals surface area contributed by atoms with Gasteiger partial charge in [-0.15, -0.1) is 11.1 Å². The van der Waals surface area contributed by atoms with E-state index in [1.807, 2.05) is 0 Å². The average molecular weight is 716 g/mol. The Labute approximate surface area is 255 Å². The molecule has 0 aliphatic carbocycles. The van der Waals surface area contributed by atoms with Crippen molar-refractivity contribution in [1.29, 1.82) is 0 Å². The molecule has 5 rings (SSSR count). The normalized spacial score (nSPS) is 17.4. The molecule has 214 valence electrons. The number of pyridine rings is 2. The number of rotatable bonds is 0. The van der Waals surface area contributed by atoms with Gasteiger partial charge in [-0.25, -0.2) is 0 Å². The van der Waals surface area contributed by atoms with E-state index in [9.17, 15) is 0 Å². The fraction of sp³-hybridized carbons (Fsp3) is 0.486. The molecule has 4 aromatic rings. The second-order valence-corrected chi connectivity index (χ2v) is 14.9. The van der Waals surface area contributed by atoms with Crippen molar-refractivity contribution in [3.63, 3.8) is 0 Å². The zero-order chi connectivity index (χ0) is 28.8. The zero-order valence-corrected chi connectivity index (χ0v) is 28.5. The van der Waals surface area contributed by atoms with Crippen molar-refractivity contribution < 1.29 is 21.1 Å². The Balaban J connectivity index is 0.00000370. The van der Waals surface area contributed by atoms with Crippen molar-refractivity contribution in [2.24, 2.45) is 0 Å². The molecule has 0 radical (unpaired) electrons. The van der Waals surface area contributed by atoms with Gasteiger partial charge in [0, 0.05) is 16.8 Å². The van der Waals surface area contributed by atoms with Gasteiger partial charge in [-0.2, -0.15) is 12.1 Å². The molecule has 8 bridgehead atoms. The van der Waals surface area contributed by atoms with Gasteiger partial charge in [0.25, 0.3) is 0 Å². The third kappa shape index (κ3) is 4.75. The topological polar surface area (TPSA) is 35.6 Å². The largest absolute Gasteiger partial charge is 2.00 e. The van der Waals surface area contributed by atoms with Crippen LogP contribution in [0.2, 0.25) is 0 Å².